The lowest BCUT2D eigenvalue weighted by Crippen LogP contribution is -2.50. The standard InChI is InChI=1S/C27H31BrCl2N4O3/c1-17(35)31-6-4-18(5-7-31)12-24(36)32-8-10-33(11-9-32)27-25-19(14-22(29)15-23(25)30)2-3-20-13-21(28)16-34(37)26(20)27/h13-16,18,37H,2-12H2,1H3/q+2. The summed E-state index contributed by atoms with van der Waals surface area (Å²) in [6, 6.07) is 5.76. The van der Waals surface area contributed by atoms with Crippen LogP contribution in [0.4, 0.5) is 0 Å². The molecule has 2 amide bonds. The first kappa shape index (κ1) is 26.4. The number of likely N-dealkylation sites (tertiary alicyclic amines) is 1. The van der Waals surface area contributed by atoms with Crippen LogP contribution in [0.5, 0.6) is 0 Å². The number of hydrogen-bond donors (Lipinski definition) is 1. The SMILES string of the molecule is CC(=O)N1CCC(CC(=O)N2CC[N+](=C3c4c(Cl)cc(Cl)cc4CCc4cc(Br)c[n+](O)c43)CC2)CC1. The number of benzene rings is 1. The first-order valence-corrected chi connectivity index (χ1v) is 14.3. The molecule has 37 heavy (non-hydrogen) atoms. The zero-order valence-corrected chi connectivity index (χ0v) is 23.9. The molecule has 1 aromatic heterocycles. The molecule has 10 heteroatoms. The van der Waals surface area contributed by atoms with E-state index in [1.165, 1.54) is 4.73 Å². The maximum absolute atomic E-state index is 13.1. The van der Waals surface area contributed by atoms with Crippen molar-refractivity contribution in [1.82, 2.24) is 9.80 Å². The predicted octanol–water partition coefficient (Wildman–Crippen LogP) is 3.72. The molecule has 196 valence electrons. The number of carbonyl (C=O) groups is 2. The molecule has 2 aromatic rings. The van der Waals surface area contributed by atoms with Gasteiger partial charge >= 0.3 is 5.69 Å². The maximum Gasteiger partial charge on any atom is 0.331 e. The number of hydrogen-bond acceptors (Lipinski definition) is 3. The van der Waals surface area contributed by atoms with E-state index >= 15 is 0 Å². The Bertz CT molecular complexity index is 1220. The Morgan fingerprint density at radius 3 is 2.38 bits per heavy atom. The van der Waals surface area contributed by atoms with Crippen molar-refractivity contribution >= 4 is 56.7 Å². The first-order valence-electron chi connectivity index (χ1n) is 12.8. The average molecular weight is 610 g/mol. The highest BCUT2D eigenvalue weighted by Crippen LogP contribution is 2.33. The van der Waals surface area contributed by atoms with E-state index in [0.717, 1.165) is 71.3 Å². The van der Waals surface area contributed by atoms with Crippen molar-refractivity contribution in [2.75, 3.05) is 39.3 Å². The zero-order chi connectivity index (χ0) is 26.3. The van der Waals surface area contributed by atoms with E-state index in [9.17, 15) is 14.8 Å². The van der Waals surface area contributed by atoms with E-state index in [-0.39, 0.29) is 11.8 Å². The summed E-state index contributed by atoms with van der Waals surface area (Å²) in [6.45, 7) is 5.56. The number of amides is 2. The zero-order valence-electron chi connectivity index (χ0n) is 20.9. The molecule has 3 aliphatic rings. The van der Waals surface area contributed by atoms with Crippen LogP contribution in [0.3, 0.4) is 0 Å². The molecule has 2 fully saturated rings. The number of aromatic nitrogens is 1. The van der Waals surface area contributed by atoms with Gasteiger partial charge in [0, 0.05) is 41.8 Å². The lowest BCUT2D eigenvalue weighted by atomic mass is 9.93. The van der Waals surface area contributed by atoms with Crippen molar-refractivity contribution in [3.05, 3.63) is 61.3 Å². The van der Waals surface area contributed by atoms with Gasteiger partial charge in [-0.1, -0.05) is 23.2 Å². The second-order valence-corrected chi connectivity index (χ2v) is 11.9. The Kier molecular flexibility index (Phi) is 7.80. The van der Waals surface area contributed by atoms with E-state index in [1.807, 2.05) is 21.9 Å². The third kappa shape index (κ3) is 5.52. The third-order valence-electron chi connectivity index (χ3n) is 7.82. The fourth-order valence-corrected chi connectivity index (χ4v) is 6.94. The number of pyridine rings is 1. The van der Waals surface area contributed by atoms with Crippen LogP contribution in [0.1, 0.15) is 48.6 Å². The largest absolute Gasteiger partial charge is 0.343 e. The number of piperazine rings is 1. The predicted molar refractivity (Wildman–Crippen MR) is 145 cm³/mol. The second-order valence-electron chi connectivity index (χ2n) is 10.2. The van der Waals surface area contributed by atoms with Crippen molar-refractivity contribution in [2.24, 2.45) is 5.92 Å². The number of piperidine rings is 1. The summed E-state index contributed by atoms with van der Waals surface area (Å²) in [5.74, 6) is 0.615. The van der Waals surface area contributed by atoms with Gasteiger partial charge in [0.15, 0.2) is 13.1 Å². The molecular weight excluding hydrogens is 579 g/mol. The Morgan fingerprint density at radius 1 is 1.03 bits per heavy atom. The summed E-state index contributed by atoms with van der Waals surface area (Å²) in [4.78, 5) is 28.5. The first-order chi connectivity index (χ1) is 17.7. The Hall–Kier alpha value is -2.16. The van der Waals surface area contributed by atoms with Crippen LogP contribution in [0.2, 0.25) is 10.0 Å². The summed E-state index contributed by atoms with van der Waals surface area (Å²) in [7, 11) is 0. The highest BCUT2D eigenvalue weighted by molar-refractivity contribution is 9.10. The van der Waals surface area contributed by atoms with Gasteiger partial charge in [-0.25, -0.2) is 4.58 Å². The lowest BCUT2D eigenvalue weighted by Gasteiger charge is -2.33. The molecule has 5 rings (SSSR count). The molecule has 1 aliphatic carbocycles. The monoisotopic (exact) mass is 608 g/mol. The van der Waals surface area contributed by atoms with Crippen LogP contribution in [0, 0.1) is 5.92 Å². The van der Waals surface area contributed by atoms with Gasteiger partial charge in [-0.3, -0.25) is 14.8 Å². The molecule has 2 aliphatic heterocycles. The lowest BCUT2D eigenvalue weighted by molar-refractivity contribution is -0.906. The Morgan fingerprint density at radius 2 is 1.70 bits per heavy atom. The molecule has 0 bridgehead atoms. The van der Waals surface area contributed by atoms with Crippen LogP contribution in [-0.4, -0.2) is 76.4 Å². The van der Waals surface area contributed by atoms with Crippen LogP contribution in [0.25, 0.3) is 0 Å². The van der Waals surface area contributed by atoms with Gasteiger partial charge in [-0.05, 0) is 71.3 Å². The minimum absolute atomic E-state index is 0.110. The van der Waals surface area contributed by atoms with Crippen LogP contribution >= 0.6 is 39.1 Å². The summed E-state index contributed by atoms with van der Waals surface area (Å²) >= 11 is 16.6. The van der Waals surface area contributed by atoms with E-state index < -0.39 is 0 Å². The number of halogens is 3. The molecule has 7 nitrogen and oxygen atoms in total. The number of nitrogens with zero attached hydrogens (tertiary/aromatic N) is 4. The number of aryl methyl sites for hydroxylation is 2. The van der Waals surface area contributed by atoms with Gasteiger partial charge in [0.2, 0.25) is 18.0 Å². The normalized spacial score (nSPS) is 18.4. The quantitative estimate of drug-likeness (QED) is 0.417. The molecular formula is C27H31BrCl2N4O3+2. The number of carbonyl (C=O) groups excluding carboxylic acids is 2. The third-order valence-corrected chi connectivity index (χ3v) is 8.77. The van der Waals surface area contributed by atoms with E-state index in [0.29, 0.717) is 48.6 Å². The molecule has 0 saturated carbocycles. The fourth-order valence-electron chi connectivity index (χ4n) is 5.84. The molecule has 3 heterocycles. The molecule has 2 saturated heterocycles. The van der Waals surface area contributed by atoms with E-state index in [1.54, 1.807) is 19.2 Å². The summed E-state index contributed by atoms with van der Waals surface area (Å²) in [5.41, 5.74) is 4.57. The molecule has 1 N–H and O–H groups in total. The van der Waals surface area contributed by atoms with Crippen molar-refractivity contribution in [2.45, 2.75) is 39.0 Å². The fraction of sp³-hybridized carbons (Fsp3) is 0.481. The van der Waals surface area contributed by atoms with Gasteiger partial charge in [-0.2, -0.15) is 0 Å². The summed E-state index contributed by atoms with van der Waals surface area (Å²) < 4.78 is 4.21. The molecule has 0 atom stereocenters. The highest BCUT2D eigenvalue weighted by Gasteiger charge is 2.40. The molecule has 0 radical (unpaired) electrons. The average Bonchev–Trinajstić information content (AvgIpc) is 3.02. The minimum Gasteiger partial charge on any atom is -0.343 e. The second kappa shape index (κ2) is 10.9. The van der Waals surface area contributed by atoms with Gasteiger partial charge in [0.05, 0.1) is 28.1 Å². The van der Waals surface area contributed by atoms with Crippen molar-refractivity contribution in [1.29, 1.82) is 0 Å². The van der Waals surface area contributed by atoms with Gasteiger partial charge in [-0.15, -0.1) is 0 Å². The Labute approximate surface area is 235 Å². The van der Waals surface area contributed by atoms with Crippen LogP contribution in [-0.2, 0) is 22.4 Å². The van der Waals surface area contributed by atoms with E-state index in [2.05, 4.69) is 20.5 Å². The number of rotatable bonds is 2. The van der Waals surface area contributed by atoms with Gasteiger partial charge < -0.3 is 9.80 Å². The van der Waals surface area contributed by atoms with Gasteiger partial charge in [0.25, 0.3) is 5.71 Å². The van der Waals surface area contributed by atoms with Crippen LogP contribution < -0.4 is 4.73 Å². The smallest absolute Gasteiger partial charge is 0.331 e. The van der Waals surface area contributed by atoms with E-state index in [4.69, 9.17) is 23.2 Å². The van der Waals surface area contributed by atoms with Crippen molar-refractivity contribution < 1.29 is 24.1 Å². The molecule has 0 unspecified atom stereocenters. The summed E-state index contributed by atoms with van der Waals surface area (Å²) in [6.07, 6.45) is 5.43. The maximum atomic E-state index is 13.1. The minimum atomic E-state index is 0.110. The van der Waals surface area contributed by atoms with Crippen molar-refractivity contribution in [3.8, 4) is 0 Å². The Balaban J connectivity index is 1.40. The van der Waals surface area contributed by atoms with Gasteiger partial charge in [0.1, 0.15) is 0 Å². The topological polar surface area (TPSA) is 67.7 Å². The molecule has 1 aromatic carbocycles. The summed E-state index contributed by atoms with van der Waals surface area (Å²) in [5, 5.41) is 12.1. The van der Waals surface area contributed by atoms with Crippen LogP contribution in [0.15, 0.2) is 28.9 Å². The van der Waals surface area contributed by atoms with Crippen molar-refractivity contribution in [3.63, 3.8) is 0 Å². The highest BCUT2D eigenvalue weighted by atomic mass is 79.9. The number of fused-ring (bicyclic) bond motifs is 2. The molecule has 0 spiro atoms.